The molecule has 0 saturated heterocycles. The van der Waals surface area contributed by atoms with Gasteiger partial charge in [-0.2, -0.15) is 0 Å². The lowest BCUT2D eigenvalue weighted by Crippen LogP contribution is -2.46. The maximum atomic E-state index is 5.85. The molecule has 0 saturated carbocycles. The van der Waals surface area contributed by atoms with Gasteiger partial charge in [0.25, 0.3) is 0 Å². The summed E-state index contributed by atoms with van der Waals surface area (Å²) in [6, 6.07) is 0.780. The molecule has 1 aromatic rings. The molecule has 0 radical (unpaired) electrons. The van der Waals surface area contributed by atoms with E-state index in [0.717, 1.165) is 28.8 Å². The number of nitrogens with zero attached hydrogens (tertiary/aromatic N) is 1. The van der Waals surface area contributed by atoms with E-state index in [-0.39, 0.29) is 0 Å². The minimum Gasteiger partial charge on any atom is -0.485 e. The first-order valence-electron chi connectivity index (χ1n) is 8.53. The van der Waals surface area contributed by atoms with Crippen LogP contribution in [0.2, 0.25) is 6.04 Å². The standard InChI is InChI=1S/C16H27NO5SSi/c1-4-20-24(21-5-2,22-6-3)11-7-8-17-12-15-16-14(13-23-15)18-9-10-19-16/h12-13H,4-11H2,1-3H3. The van der Waals surface area contributed by atoms with Crippen LogP contribution >= 0.6 is 11.3 Å². The molecule has 24 heavy (non-hydrogen) atoms. The van der Waals surface area contributed by atoms with Gasteiger partial charge in [-0.15, -0.1) is 11.3 Å². The highest BCUT2D eigenvalue weighted by Crippen LogP contribution is 2.38. The number of ether oxygens (including phenoxy) is 2. The molecule has 0 unspecified atom stereocenters. The maximum absolute atomic E-state index is 5.85. The molecular weight excluding hydrogens is 346 g/mol. The molecule has 136 valence electrons. The van der Waals surface area contributed by atoms with Gasteiger partial charge in [-0.05, 0) is 27.2 Å². The lowest BCUT2D eigenvalue weighted by atomic mass is 10.4. The van der Waals surface area contributed by atoms with E-state index in [1.165, 1.54) is 0 Å². The molecule has 0 fully saturated rings. The van der Waals surface area contributed by atoms with Crippen LogP contribution in [-0.4, -0.2) is 54.6 Å². The SMILES string of the molecule is CCO[Si](CCCN=Cc1scc2c1OCCO2)(OCC)OCC. The summed E-state index contributed by atoms with van der Waals surface area (Å²) in [5.74, 6) is 1.64. The van der Waals surface area contributed by atoms with E-state index in [1.54, 1.807) is 11.3 Å². The van der Waals surface area contributed by atoms with Gasteiger partial charge in [0.05, 0.1) is 4.88 Å². The molecule has 0 N–H and O–H groups in total. The number of fused-ring (bicyclic) bond motifs is 1. The molecule has 6 nitrogen and oxygen atoms in total. The highest BCUT2D eigenvalue weighted by Gasteiger charge is 2.39. The summed E-state index contributed by atoms with van der Waals surface area (Å²) in [4.78, 5) is 5.52. The molecule has 0 bridgehead atoms. The van der Waals surface area contributed by atoms with E-state index in [0.29, 0.717) is 39.6 Å². The van der Waals surface area contributed by atoms with Gasteiger partial charge in [0.15, 0.2) is 11.5 Å². The summed E-state index contributed by atoms with van der Waals surface area (Å²) in [5.41, 5.74) is 0. The Morgan fingerprint density at radius 2 is 1.79 bits per heavy atom. The van der Waals surface area contributed by atoms with Gasteiger partial charge in [-0.1, -0.05) is 0 Å². The lowest BCUT2D eigenvalue weighted by molar-refractivity contribution is 0.0710. The van der Waals surface area contributed by atoms with Crippen LogP contribution in [-0.2, 0) is 13.3 Å². The first-order chi connectivity index (χ1) is 11.7. The van der Waals surface area contributed by atoms with Crippen molar-refractivity contribution in [3.63, 3.8) is 0 Å². The third-order valence-electron chi connectivity index (χ3n) is 3.40. The minimum atomic E-state index is -2.55. The van der Waals surface area contributed by atoms with Gasteiger partial charge in [-0.3, -0.25) is 4.99 Å². The summed E-state index contributed by atoms with van der Waals surface area (Å²) < 4.78 is 28.7. The van der Waals surface area contributed by atoms with Crippen molar-refractivity contribution in [2.45, 2.75) is 33.2 Å². The average molecular weight is 374 g/mol. The molecule has 1 aliphatic rings. The van der Waals surface area contributed by atoms with E-state index >= 15 is 0 Å². The summed E-state index contributed by atoms with van der Waals surface area (Å²) in [5, 5.41) is 1.97. The molecule has 1 aromatic heterocycles. The van der Waals surface area contributed by atoms with Crippen LogP contribution in [0.3, 0.4) is 0 Å². The van der Waals surface area contributed by atoms with Crippen molar-refractivity contribution in [3.05, 3.63) is 10.3 Å². The third-order valence-corrected chi connectivity index (χ3v) is 7.43. The predicted octanol–water partition coefficient (Wildman–Crippen LogP) is 3.38. The molecule has 0 aliphatic carbocycles. The molecule has 2 rings (SSSR count). The fourth-order valence-corrected chi connectivity index (χ4v) is 5.91. The fraction of sp³-hybridized carbons (Fsp3) is 0.688. The van der Waals surface area contributed by atoms with Crippen molar-refractivity contribution in [2.75, 3.05) is 39.6 Å². The highest BCUT2D eigenvalue weighted by atomic mass is 32.1. The number of thiophene rings is 1. The Kier molecular flexibility index (Phi) is 8.20. The molecule has 0 spiro atoms. The fourth-order valence-electron chi connectivity index (χ4n) is 2.51. The quantitative estimate of drug-likeness (QED) is 0.338. The Morgan fingerprint density at radius 3 is 2.46 bits per heavy atom. The summed E-state index contributed by atoms with van der Waals surface area (Å²) in [6.07, 6.45) is 2.73. The largest absolute Gasteiger partial charge is 0.500 e. The monoisotopic (exact) mass is 373 g/mol. The molecule has 0 amide bonds. The zero-order valence-electron chi connectivity index (χ0n) is 14.7. The van der Waals surface area contributed by atoms with Crippen molar-refractivity contribution in [1.82, 2.24) is 0 Å². The van der Waals surface area contributed by atoms with Gasteiger partial charge in [0.2, 0.25) is 0 Å². The Labute approximate surface area is 149 Å². The third kappa shape index (κ3) is 5.28. The average Bonchev–Trinajstić information content (AvgIpc) is 2.99. The van der Waals surface area contributed by atoms with Crippen LogP contribution in [0.25, 0.3) is 0 Å². The van der Waals surface area contributed by atoms with Crippen molar-refractivity contribution >= 4 is 26.4 Å². The first-order valence-corrected chi connectivity index (χ1v) is 11.3. The second kappa shape index (κ2) is 10.1. The normalized spacial score (nSPS) is 14.5. The van der Waals surface area contributed by atoms with E-state index in [4.69, 9.17) is 22.8 Å². The number of rotatable bonds is 11. The number of hydrogen-bond donors (Lipinski definition) is 0. The van der Waals surface area contributed by atoms with Crippen LogP contribution in [0.15, 0.2) is 10.4 Å². The zero-order valence-corrected chi connectivity index (χ0v) is 16.5. The van der Waals surface area contributed by atoms with Crippen LogP contribution < -0.4 is 9.47 Å². The lowest BCUT2D eigenvalue weighted by Gasteiger charge is -2.28. The highest BCUT2D eigenvalue weighted by molar-refractivity contribution is 7.12. The maximum Gasteiger partial charge on any atom is 0.500 e. The topological polar surface area (TPSA) is 58.5 Å². The van der Waals surface area contributed by atoms with Gasteiger partial charge in [0.1, 0.15) is 13.2 Å². The Balaban J connectivity index is 1.84. The van der Waals surface area contributed by atoms with Crippen molar-refractivity contribution in [1.29, 1.82) is 0 Å². The van der Waals surface area contributed by atoms with E-state index < -0.39 is 8.80 Å². The number of hydrogen-bond acceptors (Lipinski definition) is 7. The van der Waals surface area contributed by atoms with Crippen LogP contribution in [0.1, 0.15) is 32.1 Å². The minimum absolute atomic E-state index is 0.593. The Bertz CT molecular complexity index is 506. The van der Waals surface area contributed by atoms with E-state index in [1.807, 2.05) is 32.4 Å². The predicted molar refractivity (Wildman–Crippen MR) is 97.8 cm³/mol. The zero-order chi connectivity index (χ0) is 17.3. The second-order valence-electron chi connectivity index (χ2n) is 5.11. The number of aliphatic imine (C=N–C) groups is 1. The van der Waals surface area contributed by atoms with Gasteiger partial charge in [0, 0.05) is 44.0 Å². The summed E-state index contributed by atoms with van der Waals surface area (Å²) >= 11 is 1.59. The molecule has 0 atom stereocenters. The van der Waals surface area contributed by atoms with Crippen molar-refractivity contribution in [3.8, 4) is 11.5 Å². The van der Waals surface area contributed by atoms with E-state index in [2.05, 4.69) is 4.99 Å². The van der Waals surface area contributed by atoms with Crippen LogP contribution in [0.5, 0.6) is 11.5 Å². The van der Waals surface area contributed by atoms with Crippen molar-refractivity contribution in [2.24, 2.45) is 4.99 Å². The van der Waals surface area contributed by atoms with Gasteiger partial charge in [-0.25, -0.2) is 0 Å². The molecule has 0 aromatic carbocycles. The molecular formula is C16H27NO5SSi. The molecule has 2 heterocycles. The van der Waals surface area contributed by atoms with Crippen LogP contribution in [0, 0.1) is 0 Å². The first kappa shape index (κ1) is 19.4. The summed E-state index contributed by atoms with van der Waals surface area (Å²) in [6.45, 7) is 9.64. The molecule has 8 heteroatoms. The second-order valence-corrected chi connectivity index (χ2v) is 8.75. The smallest absolute Gasteiger partial charge is 0.485 e. The van der Waals surface area contributed by atoms with Gasteiger partial charge < -0.3 is 22.8 Å². The Hall–Kier alpha value is -0.933. The van der Waals surface area contributed by atoms with E-state index in [9.17, 15) is 0 Å². The summed E-state index contributed by atoms with van der Waals surface area (Å²) in [7, 11) is -2.55. The Morgan fingerprint density at radius 1 is 1.12 bits per heavy atom. The van der Waals surface area contributed by atoms with Crippen LogP contribution in [0.4, 0.5) is 0 Å². The van der Waals surface area contributed by atoms with Crippen molar-refractivity contribution < 1.29 is 22.8 Å². The molecule has 1 aliphatic heterocycles. The van der Waals surface area contributed by atoms with Gasteiger partial charge >= 0.3 is 8.80 Å².